The number of carboxylic acid groups (broad SMARTS) is 1. The summed E-state index contributed by atoms with van der Waals surface area (Å²) in [6, 6.07) is 5.58. The van der Waals surface area contributed by atoms with Gasteiger partial charge in [0.25, 0.3) is 0 Å². The van der Waals surface area contributed by atoms with Crippen LogP contribution in [0.15, 0.2) is 18.2 Å². The average Bonchev–Trinajstić information content (AvgIpc) is 2.63. The second-order valence-corrected chi connectivity index (χ2v) is 6.57. The Balaban J connectivity index is 2.82. The maximum atomic E-state index is 11.0. The van der Waals surface area contributed by atoms with Crippen LogP contribution < -0.4 is 5.32 Å². The molecule has 1 aromatic carbocycles. The molecule has 5 heteroatoms. The van der Waals surface area contributed by atoms with E-state index in [0.717, 1.165) is 29.6 Å². The number of carbonyl (C=O) groups is 1. The van der Waals surface area contributed by atoms with Crippen molar-refractivity contribution >= 4 is 34.3 Å². The molecule has 21 heavy (non-hydrogen) atoms. The van der Waals surface area contributed by atoms with Crippen molar-refractivity contribution in [3.05, 3.63) is 28.9 Å². The number of aromatic nitrogens is 1. The molecule has 1 heterocycles. The van der Waals surface area contributed by atoms with Crippen LogP contribution in [-0.2, 0) is 12.0 Å². The molecule has 0 unspecified atom stereocenters. The second-order valence-electron chi connectivity index (χ2n) is 6.19. The first-order valence-electron chi connectivity index (χ1n) is 7.08. The second kappa shape index (κ2) is 5.60. The number of fused-ring (bicyclic) bond motifs is 1. The maximum absolute atomic E-state index is 11.0. The number of nitrogens with one attached hydrogen (secondary N) is 1. The van der Waals surface area contributed by atoms with Gasteiger partial charge in [0.2, 0.25) is 0 Å². The van der Waals surface area contributed by atoms with E-state index in [1.54, 1.807) is 6.07 Å². The van der Waals surface area contributed by atoms with Crippen LogP contribution in [0.1, 0.15) is 39.8 Å². The van der Waals surface area contributed by atoms with Crippen LogP contribution in [0, 0.1) is 0 Å². The first kappa shape index (κ1) is 15.7. The Morgan fingerprint density at radius 2 is 2.05 bits per heavy atom. The van der Waals surface area contributed by atoms with Crippen LogP contribution in [0.5, 0.6) is 0 Å². The molecule has 0 atom stereocenters. The van der Waals surface area contributed by atoms with Gasteiger partial charge in [0, 0.05) is 23.0 Å². The molecule has 1 aromatic heterocycles. The number of halogens is 1. The van der Waals surface area contributed by atoms with E-state index in [0.29, 0.717) is 10.7 Å². The molecule has 114 valence electrons. The molecule has 0 fully saturated rings. The van der Waals surface area contributed by atoms with Crippen molar-refractivity contribution < 1.29 is 9.90 Å². The van der Waals surface area contributed by atoms with Gasteiger partial charge in [-0.3, -0.25) is 5.32 Å². The molecule has 0 radical (unpaired) electrons. The number of rotatable bonds is 3. The fourth-order valence-corrected chi connectivity index (χ4v) is 3.35. The lowest BCUT2D eigenvalue weighted by molar-refractivity contribution is 0.210. The zero-order chi connectivity index (χ0) is 15.8. The predicted octanol–water partition coefficient (Wildman–Crippen LogP) is 5.09. The zero-order valence-electron chi connectivity index (χ0n) is 12.8. The SMILES string of the molecule is CCCn1c(C(C)(C)C)c(Cl)c2c(NC(=O)O)cccc21. The van der Waals surface area contributed by atoms with E-state index < -0.39 is 6.09 Å². The van der Waals surface area contributed by atoms with Crippen molar-refractivity contribution in [2.75, 3.05) is 5.32 Å². The van der Waals surface area contributed by atoms with Gasteiger partial charge in [-0.1, -0.05) is 45.4 Å². The summed E-state index contributed by atoms with van der Waals surface area (Å²) >= 11 is 6.62. The van der Waals surface area contributed by atoms with E-state index in [-0.39, 0.29) is 5.41 Å². The molecule has 2 rings (SSSR count). The topological polar surface area (TPSA) is 54.3 Å². The van der Waals surface area contributed by atoms with E-state index in [1.807, 2.05) is 12.1 Å². The number of aryl methyl sites for hydroxylation is 1. The van der Waals surface area contributed by atoms with Gasteiger partial charge in [0.05, 0.1) is 16.2 Å². The standard InChI is InChI=1S/C16H21ClN2O2/c1-5-9-19-11-8-6-7-10(18-15(20)21)12(11)13(17)14(19)16(2,3)4/h6-8,18H,5,9H2,1-4H3,(H,20,21). The third-order valence-corrected chi connectivity index (χ3v) is 3.80. The summed E-state index contributed by atoms with van der Waals surface area (Å²) in [4.78, 5) is 11.0. The van der Waals surface area contributed by atoms with Gasteiger partial charge in [-0.25, -0.2) is 4.79 Å². The molecule has 0 bridgehead atoms. The van der Waals surface area contributed by atoms with Crippen molar-refractivity contribution in [2.45, 2.75) is 46.1 Å². The summed E-state index contributed by atoms with van der Waals surface area (Å²) < 4.78 is 2.20. The molecule has 0 aliphatic carbocycles. The lowest BCUT2D eigenvalue weighted by Crippen LogP contribution is -2.18. The molecule has 2 N–H and O–H groups in total. The normalized spacial score (nSPS) is 11.9. The monoisotopic (exact) mass is 308 g/mol. The van der Waals surface area contributed by atoms with Crippen LogP contribution in [0.25, 0.3) is 10.9 Å². The molecule has 4 nitrogen and oxygen atoms in total. The summed E-state index contributed by atoms with van der Waals surface area (Å²) in [5.41, 5.74) is 2.43. The summed E-state index contributed by atoms with van der Waals surface area (Å²) in [5.74, 6) is 0. The van der Waals surface area contributed by atoms with Gasteiger partial charge in [-0.15, -0.1) is 0 Å². The van der Waals surface area contributed by atoms with Crippen LogP contribution in [0.2, 0.25) is 5.02 Å². The van der Waals surface area contributed by atoms with Gasteiger partial charge in [-0.2, -0.15) is 0 Å². The summed E-state index contributed by atoms with van der Waals surface area (Å²) in [7, 11) is 0. The van der Waals surface area contributed by atoms with Gasteiger partial charge in [0.1, 0.15) is 0 Å². The van der Waals surface area contributed by atoms with Crippen molar-refractivity contribution in [3.63, 3.8) is 0 Å². The highest BCUT2D eigenvalue weighted by molar-refractivity contribution is 6.38. The highest BCUT2D eigenvalue weighted by Gasteiger charge is 2.27. The summed E-state index contributed by atoms with van der Waals surface area (Å²) in [6.07, 6.45) is -0.0983. The minimum Gasteiger partial charge on any atom is -0.465 e. The average molecular weight is 309 g/mol. The highest BCUT2D eigenvalue weighted by atomic mass is 35.5. The van der Waals surface area contributed by atoms with E-state index in [9.17, 15) is 4.79 Å². The van der Waals surface area contributed by atoms with Crippen molar-refractivity contribution in [1.82, 2.24) is 4.57 Å². The van der Waals surface area contributed by atoms with E-state index in [4.69, 9.17) is 16.7 Å². The first-order valence-corrected chi connectivity index (χ1v) is 7.46. The highest BCUT2D eigenvalue weighted by Crippen LogP contribution is 2.41. The van der Waals surface area contributed by atoms with Gasteiger partial charge < -0.3 is 9.67 Å². The quantitative estimate of drug-likeness (QED) is 0.829. The minimum absolute atomic E-state index is 0.119. The van der Waals surface area contributed by atoms with E-state index in [2.05, 4.69) is 37.6 Å². The van der Waals surface area contributed by atoms with Crippen molar-refractivity contribution in [1.29, 1.82) is 0 Å². The Kier molecular flexibility index (Phi) is 4.19. The number of amides is 1. The molecule has 1 amide bonds. The first-order chi connectivity index (χ1) is 9.77. The number of nitrogens with zero attached hydrogens (tertiary/aromatic N) is 1. The fourth-order valence-electron chi connectivity index (χ4n) is 2.76. The van der Waals surface area contributed by atoms with Crippen molar-refractivity contribution in [3.8, 4) is 0 Å². The number of anilines is 1. The third-order valence-electron chi connectivity index (χ3n) is 3.43. The molecule has 0 aliphatic rings. The molecular formula is C16H21ClN2O2. The summed E-state index contributed by atoms with van der Waals surface area (Å²) in [6.45, 7) is 9.31. The summed E-state index contributed by atoms with van der Waals surface area (Å²) in [5, 5.41) is 12.8. The fraction of sp³-hybridized carbons (Fsp3) is 0.438. The predicted molar refractivity (Wildman–Crippen MR) is 87.6 cm³/mol. The van der Waals surface area contributed by atoms with Crippen molar-refractivity contribution in [2.24, 2.45) is 0 Å². The van der Waals surface area contributed by atoms with Crippen LogP contribution in [-0.4, -0.2) is 15.8 Å². The molecular weight excluding hydrogens is 288 g/mol. The minimum atomic E-state index is -1.08. The third kappa shape index (κ3) is 2.86. The Morgan fingerprint density at radius 1 is 1.38 bits per heavy atom. The van der Waals surface area contributed by atoms with Crippen LogP contribution >= 0.6 is 11.6 Å². The van der Waals surface area contributed by atoms with E-state index in [1.165, 1.54) is 0 Å². The molecule has 0 saturated heterocycles. The van der Waals surface area contributed by atoms with Crippen LogP contribution in [0.3, 0.4) is 0 Å². The molecule has 0 saturated carbocycles. The number of hydrogen-bond donors (Lipinski definition) is 2. The Bertz CT molecular complexity index is 684. The lowest BCUT2D eigenvalue weighted by atomic mass is 9.91. The van der Waals surface area contributed by atoms with Gasteiger partial charge in [0.15, 0.2) is 0 Å². The Hall–Kier alpha value is -1.68. The largest absolute Gasteiger partial charge is 0.465 e. The zero-order valence-corrected chi connectivity index (χ0v) is 13.6. The van der Waals surface area contributed by atoms with Gasteiger partial charge in [-0.05, 0) is 18.6 Å². The van der Waals surface area contributed by atoms with Gasteiger partial charge >= 0.3 is 6.09 Å². The smallest absolute Gasteiger partial charge is 0.409 e. The van der Waals surface area contributed by atoms with Crippen LogP contribution in [0.4, 0.5) is 10.5 Å². The maximum Gasteiger partial charge on any atom is 0.409 e. The van der Waals surface area contributed by atoms with E-state index >= 15 is 0 Å². The number of hydrogen-bond acceptors (Lipinski definition) is 1. The Labute approximate surface area is 129 Å². The molecule has 0 spiro atoms. The lowest BCUT2D eigenvalue weighted by Gasteiger charge is -2.22. The molecule has 0 aliphatic heterocycles. The number of benzene rings is 1. The Morgan fingerprint density at radius 3 is 2.57 bits per heavy atom. The molecule has 2 aromatic rings.